The van der Waals surface area contributed by atoms with E-state index in [0.717, 1.165) is 16.9 Å². The van der Waals surface area contributed by atoms with Crippen LogP contribution < -0.4 is 10.3 Å². The van der Waals surface area contributed by atoms with Crippen molar-refractivity contribution in [1.82, 2.24) is 9.78 Å². The maximum absolute atomic E-state index is 12.0. The van der Waals surface area contributed by atoms with Crippen LogP contribution in [0.15, 0.2) is 41.3 Å². The molecule has 2 aromatic rings. The van der Waals surface area contributed by atoms with Crippen molar-refractivity contribution in [2.24, 2.45) is 0 Å². The third kappa shape index (κ3) is 2.79. The molecule has 0 atom stereocenters. The van der Waals surface area contributed by atoms with Gasteiger partial charge in [-0.05, 0) is 30.3 Å². The molecule has 0 unspecified atom stereocenters. The molecule has 0 saturated carbocycles. The minimum Gasteiger partial charge on any atom is -0.477 e. The van der Waals surface area contributed by atoms with Gasteiger partial charge < -0.3 is 9.84 Å². The van der Waals surface area contributed by atoms with E-state index in [1.807, 2.05) is 0 Å². The van der Waals surface area contributed by atoms with Gasteiger partial charge in [-0.15, -0.1) is 0 Å². The molecule has 104 valence electrons. The fraction of sp³-hybridized carbons (Fsp3) is 0.0833. The molecule has 6 nitrogen and oxygen atoms in total. The van der Waals surface area contributed by atoms with Crippen LogP contribution in [0.3, 0.4) is 0 Å². The van der Waals surface area contributed by atoms with Crippen molar-refractivity contribution in [3.63, 3.8) is 0 Å². The highest BCUT2D eigenvalue weighted by Crippen LogP contribution is 2.16. The van der Waals surface area contributed by atoms with Crippen molar-refractivity contribution in [2.45, 2.75) is 6.61 Å². The van der Waals surface area contributed by atoms with Crippen molar-refractivity contribution in [1.29, 1.82) is 0 Å². The zero-order valence-corrected chi connectivity index (χ0v) is 9.86. The molecular weight excluding hydrogens is 274 g/mol. The SMILES string of the molecule is O=C(O)c1ccnn(-c2ccc(OC(F)F)cc2)c1=O. The lowest BCUT2D eigenvalue weighted by atomic mass is 10.2. The van der Waals surface area contributed by atoms with Crippen LogP contribution in [0.4, 0.5) is 8.78 Å². The largest absolute Gasteiger partial charge is 0.477 e. The van der Waals surface area contributed by atoms with Gasteiger partial charge in [0.15, 0.2) is 0 Å². The highest BCUT2D eigenvalue weighted by atomic mass is 19.3. The van der Waals surface area contributed by atoms with E-state index in [2.05, 4.69) is 9.84 Å². The minimum absolute atomic E-state index is 0.0776. The first-order chi connectivity index (χ1) is 9.49. The Morgan fingerprint density at radius 2 is 1.90 bits per heavy atom. The summed E-state index contributed by atoms with van der Waals surface area (Å²) in [7, 11) is 0. The van der Waals surface area contributed by atoms with E-state index in [-0.39, 0.29) is 11.4 Å². The van der Waals surface area contributed by atoms with E-state index in [0.29, 0.717) is 0 Å². The molecule has 8 heteroatoms. The molecule has 0 spiro atoms. The molecule has 1 heterocycles. The van der Waals surface area contributed by atoms with Gasteiger partial charge in [0.25, 0.3) is 5.56 Å². The Labute approximate surface area is 110 Å². The van der Waals surface area contributed by atoms with Gasteiger partial charge in [0.1, 0.15) is 11.3 Å². The summed E-state index contributed by atoms with van der Waals surface area (Å²) in [4.78, 5) is 22.7. The molecule has 0 radical (unpaired) electrons. The molecule has 0 fully saturated rings. The number of nitrogens with zero attached hydrogens (tertiary/aromatic N) is 2. The Morgan fingerprint density at radius 3 is 2.45 bits per heavy atom. The summed E-state index contributed by atoms with van der Waals surface area (Å²) >= 11 is 0. The van der Waals surface area contributed by atoms with Crippen LogP contribution in [0.5, 0.6) is 5.75 Å². The second kappa shape index (κ2) is 5.47. The molecule has 1 aromatic carbocycles. The number of alkyl halides is 2. The van der Waals surface area contributed by atoms with Crippen LogP contribution in [-0.2, 0) is 0 Å². The highest BCUT2D eigenvalue weighted by Gasteiger charge is 2.12. The Hall–Kier alpha value is -2.77. The molecule has 0 aliphatic heterocycles. The molecule has 0 saturated heterocycles. The Kier molecular flexibility index (Phi) is 3.74. The summed E-state index contributed by atoms with van der Waals surface area (Å²) in [5.74, 6) is -1.45. The average molecular weight is 282 g/mol. The number of benzene rings is 1. The number of carboxylic acid groups (broad SMARTS) is 1. The lowest BCUT2D eigenvalue weighted by molar-refractivity contribution is -0.0498. The van der Waals surface area contributed by atoms with Crippen LogP contribution in [-0.4, -0.2) is 27.5 Å². The Bertz CT molecular complexity index is 683. The Morgan fingerprint density at radius 1 is 1.25 bits per heavy atom. The minimum atomic E-state index is -2.95. The van der Waals surface area contributed by atoms with Crippen LogP contribution in [0.1, 0.15) is 10.4 Å². The summed E-state index contributed by atoms with van der Waals surface area (Å²) in [6, 6.07) is 6.16. The molecule has 0 aliphatic carbocycles. The lowest BCUT2D eigenvalue weighted by Gasteiger charge is -2.07. The number of ether oxygens (including phenoxy) is 1. The number of aromatic nitrogens is 2. The normalized spacial score (nSPS) is 10.6. The highest BCUT2D eigenvalue weighted by molar-refractivity contribution is 5.86. The number of carbonyl (C=O) groups is 1. The quantitative estimate of drug-likeness (QED) is 0.919. The molecule has 20 heavy (non-hydrogen) atoms. The molecule has 2 rings (SSSR count). The van der Waals surface area contributed by atoms with Crippen LogP contribution in [0.2, 0.25) is 0 Å². The smallest absolute Gasteiger partial charge is 0.387 e. The van der Waals surface area contributed by atoms with Gasteiger partial charge in [-0.3, -0.25) is 4.79 Å². The summed E-state index contributed by atoms with van der Waals surface area (Å²) in [5, 5.41) is 12.6. The molecule has 0 amide bonds. The van der Waals surface area contributed by atoms with E-state index in [9.17, 15) is 18.4 Å². The van der Waals surface area contributed by atoms with Gasteiger partial charge in [-0.2, -0.15) is 18.6 Å². The fourth-order valence-corrected chi connectivity index (χ4v) is 1.53. The van der Waals surface area contributed by atoms with Gasteiger partial charge in [0, 0.05) is 6.20 Å². The standard InChI is InChI=1S/C12H8F2N2O4/c13-12(14)20-8-3-1-7(2-4-8)16-10(17)9(11(18)19)5-6-15-16/h1-6,12H,(H,18,19). The maximum atomic E-state index is 12.0. The van der Waals surface area contributed by atoms with Gasteiger partial charge in [-0.25, -0.2) is 4.79 Å². The zero-order valence-electron chi connectivity index (χ0n) is 9.86. The van der Waals surface area contributed by atoms with E-state index in [1.165, 1.54) is 24.3 Å². The van der Waals surface area contributed by atoms with Gasteiger partial charge in [0.05, 0.1) is 5.69 Å². The van der Waals surface area contributed by atoms with E-state index >= 15 is 0 Å². The van der Waals surface area contributed by atoms with E-state index in [4.69, 9.17) is 5.11 Å². The number of aromatic carboxylic acids is 1. The maximum Gasteiger partial charge on any atom is 0.387 e. The van der Waals surface area contributed by atoms with Crippen molar-refractivity contribution in [2.75, 3.05) is 0 Å². The summed E-state index contributed by atoms with van der Waals surface area (Å²) < 4.78 is 29.0. The first-order valence-corrected chi connectivity index (χ1v) is 5.36. The predicted molar refractivity (Wildman–Crippen MR) is 63.4 cm³/mol. The van der Waals surface area contributed by atoms with E-state index < -0.39 is 23.7 Å². The van der Waals surface area contributed by atoms with Crippen LogP contribution in [0.25, 0.3) is 5.69 Å². The van der Waals surface area contributed by atoms with Gasteiger partial charge in [0.2, 0.25) is 0 Å². The first-order valence-electron chi connectivity index (χ1n) is 5.36. The number of halogens is 2. The van der Waals surface area contributed by atoms with Gasteiger partial charge >= 0.3 is 12.6 Å². The fourth-order valence-electron chi connectivity index (χ4n) is 1.53. The van der Waals surface area contributed by atoms with Crippen molar-refractivity contribution < 1.29 is 23.4 Å². The molecule has 0 aliphatic rings. The molecular formula is C12H8F2N2O4. The predicted octanol–water partition coefficient (Wildman–Crippen LogP) is 1.53. The van der Waals surface area contributed by atoms with Crippen molar-refractivity contribution in [3.8, 4) is 11.4 Å². The number of carboxylic acids is 1. The molecule has 0 bridgehead atoms. The Balaban J connectivity index is 2.40. The van der Waals surface area contributed by atoms with Crippen LogP contribution >= 0.6 is 0 Å². The third-order valence-corrected chi connectivity index (χ3v) is 2.38. The first kappa shape index (κ1) is 13.7. The number of hydrogen-bond acceptors (Lipinski definition) is 4. The molecule has 1 aromatic heterocycles. The lowest BCUT2D eigenvalue weighted by Crippen LogP contribution is -2.26. The third-order valence-electron chi connectivity index (χ3n) is 2.38. The number of rotatable bonds is 4. The van der Waals surface area contributed by atoms with Crippen molar-refractivity contribution in [3.05, 3.63) is 52.4 Å². The van der Waals surface area contributed by atoms with Crippen molar-refractivity contribution >= 4 is 5.97 Å². The zero-order chi connectivity index (χ0) is 14.7. The summed E-state index contributed by atoms with van der Waals surface area (Å²) in [6.45, 7) is -2.95. The van der Waals surface area contributed by atoms with Gasteiger partial charge in [-0.1, -0.05) is 0 Å². The number of hydrogen-bond donors (Lipinski definition) is 1. The topological polar surface area (TPSA) is 81.4 Å². The monoisotopic (exact) mass is 282 g/mol. The second-order valence-corrected chi connectivity index (χ2v) is 3.64. The van der Waals surface area contributed by atoms with E-state index in [1.54, 1.807) is 0 Å². The average Bonchev–Trinajstić information content (AvgIpc) is 2.39. The summed E-state index contributed by atoms with van der Waals surface area (Å²) in [6.07, 6.45) is 1.16. The van der Waals surface area contributed by atoms with Crippen LogP contribution in [0, 0.1) is 0 Å². The molecule has 1 N–H and O–H groups in total. The second-order valence-electron chi connectivity index (χ2n) is 3.64. The summed E-state index contributed by atoms with van der Waals surface area (Å²) in [5.41, 5.74) is -1.02.